The maximum Gasteiger partial charge on any atom is 0.338 e. The molecule has 0 aliphatic carbocycles. The molecule has 1 aromatic carbocycles. The summed E-state index contributed by atoms with van der Waals surface area (Å²) >= 11 is 0. The fourth-order valence-corrected chi connectivity index (χ4v) is 3.77. The standard InChI is InChI=1S/C22H26N2O5/c1-22(2)12-16-18(10-14(21(26)27-4)11-19(16)29-22)28-15-6-7-17(23(3)13-15)20(25)24-8-5-9-24/h6-7,10-11H,5,8-9,12-13H2,1-4H3. The summed E-state index contributed by atoms with van der Waals surface area (Å²) in [5, 5.41) is 0. The van der Waals surface area contributed by atoms with Crippen LogP contribution in [0.3, 0.4) is 0 Å². The zero-order valence-corrected chi connectivity index (χ0v) is 17.3. The largest absolute Gasteiger partial charge is 0.487 e. The minimum Gasteiger partial charge on any atom is -0.487 e. The molecular formula is C22H26N2O5. The number of allylic oxidation sites excluding steroid dienone is 2. The van der Waals surface area contributed by atoms with Gasteiger partial charge in [-0.05, 0) is 44.6 Å². The molecule has 0 aromatic heterocycles. The van der Waals surface area contributed by atoms with Crippen LogP contribution in [0.5, 0.6) is 11.5 Å². The molecule has 7 heteroatoms. The van der Waals surface area contributed by atoms with Gasteiger partial charge in [0.15, 0.2) is 0 Å². The summed E-state index contributed by atoms with van der Waals surface area (Å²) in [6.45, 7) is 6.10. The van der Waals surface area contributed by atoms with Crippen molar-refractivity contribution in [2.75, 3.05) is 33.8 Å². The molecule has 1 amide bonds. The van der Waals surface area contributed by atoms with Gasteiger partial charge in [0, 0.05) is 32.1 Å². The lowest BCUT2D eigenvalue weighted by molar-refractivity contribution is -0.132. The highest BCUT2D eigenvalue weighted by molar-refractivity contribution is 5.94. The number of hydrogen-bond acceptors (Lipinski definition) is 6. The molecule has 1 aromatic rings. The fraction of sp³-hybridized carbons (Fsp3) is 0.455. The summed E-state index contributed by atoms with van der Waals surface area (Å²) in [5.74, 6) is 1.53. The number of hydrogen-bond donors (Lipinski definition) is 0. The Kier molecular flexibility index (Phi) is 4.76. The van der Waals surface area contributed by atoms with Gasteiger partial charge in [0.25, 0.3) is 5.91 Å². The number of rotatable bonds is 4. The molecule has 0 radical (unpaired) electrons. The Balaban J connectivity index is 1.62. The first-order chi connectivity index (χ1) is 13.8. The van der Waals surface area contributed by atoms with Gasteiger partial charge in [0.1, 0.15) is 28.6 Å². The van der Waals surface area contributed by atoms with E-state index in [0.717, 1.165) is 25.1 Å². The number of ether oxygens (including phenoxy) is 3. The predicted molar refractivity (Wildman–Crippen MR) is 107 cm³/mol. The highest BCUT2D eigenvalue weighted by Gasteiger charge is 2.34. The molecule has 0 unspecified atom stereocenters. The van der Waals surface area contributed by atoms with Crippen LogP contribution in [0.4, 0.5) is 0 Å². The molecule has 29 heavy (non-hydrogen) atoms. The Bertz CT molecular complexity index is 927. The Morgan fingerprint density at radius 1 is 1.17 bits per heavy atom. The lowest BCUT2D eigenvalue weighted by atomic mass is 9.99. The van der Waals surface area contributed by atoms with Gasteiger partial charge in [0.05, 0.1) is 19.2 Å². The molecule has 0 bridgehead atoms. The van der Waals surface area contributed by atoms with Gasteiger partial charge in [-0.1, -0.05) is 0 Å². The molecule has 0 atom stereocenters. The van der Waals surface area contributed by atoms with Crippen LogP contribution < -0.4 is 9.47 Å². The third-order valence-electron chi connectivity index (χ3n) is 5.41. The minimum absolute atomic E-state index is 0.0535. The molecule has 1 fully saturated rings. The van der Waals surface area contributed by atoms with Crippen molar-refractivity contribution in [2.45, 2.75) is 32.3 Å². The molecule has 7 nitrogen and oxygen atoms in total. The fourth-order valence-electron chi connectivity index (χ4n) is 3.77. The van der Waals surface area contributed by atoms with E-state index in [9.17, 15) is 9.59 Å². The van der Waals surface area contributed by atoms with Crippen LogP contribution in [0.15, 0.2) is 35.7 Å². The summed E-state index contributed by atoms with van der Waals surface area (Å²) in [4.78, 5) is 28.3. The first-order valence-electron chi connectivity index (χ1n) is 9.81. The summed E-state index contributed by atoms with van der Waals surface area (Å²) in [6, 6.07) is 3.40. The average Bonchev–Trinajstić information content (AvgIpc) is 2.93. The van der Waals surface area contributed by atoms with Gasteiger partial charge in [-0.3, -0.25) is 4.79 Å². The van der Waals surface area contributed by atoms with Crippen molar-refractivity contribution in [3.05, 3.63) is 46.9 Å². The second kappa shape index (κ2) is 7.13. The number of fused-ring (bicyclic) bond motifs is 1. The van der Waals surface area contributed by atoms with E-state index in [4.69, 9.17) is 14.2 Å². The van der Waals surface area contributed by atoms with Crippen LogP contribution in [0.1, 0.15) is 36.2 Å². The monoisotopic (exact) mass is 398 g/mol. The number of carbonyl (C=O) groups excluding carboxylic acids is 2. The molecule has 3 aliphatic heterocycles. The van der Waals surface area contributed by atoms with Crippen molar-refractivity contribution >= 4 is 11.9 Å². The minimum atomic E-state index is -0.442. The van der Waals surface area contributed by atoms with E-state index in [0.29, 0.717) is 41.5 Å². The molecule has 4 rings (SSSR count). The first-order valence-corrected chi connectivity index (χ1v) is 9.81. The second-order valence-corrected chi connectivity index (χ2v) is 8.27. The Morgan fingerprint density at radius 2 is 1.93 bits per heavy atom. The zero-order chi connectivity index (χ0) is 20.8. The van der Waals surface area contributed by atoms with E-state index in [2.05, 4.69) is 0 Å². The van der Waals surface area contributed by atoms with Gasteiger partial charge < -0.3 is 24.0 Å². The number of esters is 1. The van der Waals surface area contributed by atoms with Gasteiger partial charge in [-0.25, -0.2) is 4.79 Å². The van der Waals surface area contributed by atoms with Gasteiger partial charge >= 0.3 is 5.97 Å². The lowest BCUT2D eigenvalue weighted by Crippen LogP contribution is -2.46. The van der Waals surface area contributed by atoms with Crippen molar-refractivity contribution in [1.29, 1.82) is 0 Å². The average molecular weight is 398 g/mol. The summed E-state index contributed by atoms with van der Waals surface area (Å²) < 4.78 is 17.0. The van der Waals surface area contributed by atoms with Crippen molar-refractivity contribution in [3.8, 4) is 11.5 Å². The molecule has 1 saturated heterocycles. The second-order valence-electron chi connectivity index (χ2n) is 8.27. The van der Waals surface area contributed by atoms with Crippen molar-refractivity contribution < 1.29 is 23.8 Å². The van der Waals surface area contributed by atoms with E-state index in [1.807, 2.05) is 36.8 Å². The highest BCUT2D eigenvalue weighted by atomic mass is 16.5. The highest BCUT2D eigenvalue weighted by Crippen LogP contribution is 2.42. The number of carbonyl (C=O) groups is 2. The molecule has 0 saturated carbocycles. The maximum atomic E-state index is 12.5. The normalized spacial score (nSPS) is 19.4. The number of amides is 1. The third-order valence-corrected chi connectivity index (χ3v) is 5.41. The van der Waals surface area contributed by atoms with E-state index >= 15 is 0 Å². The maximum absolute atomic E-state index is 12.5. The number of methoxy groups -OCH3 is 1. The SMILES string of the molecule is COC(=O)c1cc(OC2=CC=C(C(=O)N3CCC3)N(C)C2)c2c(c1)OC(C)(C)C2. The van der Waals surface area contributed by atoms with Crippen LogP contribution in [-0.2, 0) is 16.0 Å². The Labute approximate surface area is 170 Å². The van der Waals surface area contributed by atoms with E-state index in [1.165, 1.54) is 7.11 Å². The van der Waals surface area contributed by atoms with E-state index < -0.39 is 5.97 Å². The van der Waals surface area contributed by atoms with Crippen LogP contribution in [0, 0.1) is 0 Å². The molecule has 0 spiro atoms. The Morgan fingerprint density at radius 3 is 2.55 bits per heavy atom. The van der Waals surface area contributed by atoms with Crippen molar-refractivity contribution in [1.82, 2.24) is 9.80 Å². The van der Waals surface area contributed by atoms with Gasteiger partial charge in [-0.2, -0.15) is 0 Å². The first kappa shape index (κ1) is 19.4. The van der Waals surface area contributed by atoms with Gasteiger partial charge in [0.2, 0.25) is 0 Å². The van der Waals surface area contributed by atoms with Crippen molar-refractivity contribution in [2.24, 2.45) is 0 Å². The van der Waals surface area contributed by atoms with Gasteiger partial charge in [-0.15, -0.1) is 0 Å². The van der Waals surface area contributed by atoms with Crippen molar-refractivity contribution in [3.63, 3.8) is 0 Å². The van der Waals surface area contributed by atoms with Crippen LogP contribution in [-0.4, -0.2) is 61.1 Å². The van der Waals surface area contributed by atoms with E-state index in [-0.39, 0.29) is 11.5 Å². The van der Waals surface area contributed by atoms with E-state index in [1.54, 1.807) is 18.2 Å². The van der Waals surface area contributed by atoms with Crippen LogP contribution in [0.2, 0.25) is 0 Å². The summed E-state index contributed by atoms with van der Waals surface area (Å²) in [5.41, 5.74) is 1.60. The zero-order valence-electron chi connectivity index (χ0n) is 17.3. The lowest BCUT2D eigenvalue weighted by Gasteiger charge is -2.35. The number of likely N-dealkylation sites (N-methyl/N-ethyl adjacent to an activating group) is 1. The number of likely N-dealkylation sites (tertiary alicyclic amines) is 1. The number of nitrogens with zero attached hydrogens (tertiary/aromatic N) is 2. The third kappa shape index (κ3) is 3.69. The summed E-state index contributed by atoms with van der Waals surface area (Å²) in [6.07, 6.45) is 5.36. The molecule has 3 aliphatic rings. The topological polar surface area (TPSA) is 68.3 Å². The molecule has 0 N–H and O–H groups in total. The van der Waals surface area contributed by atoms with Crippen LogP contribution >= 0.6 is 0 Å². The molecular weight excluding hydrogens is 372 g/mol. The quantitative estimate of drug-likeness (QED) is 0.726. The Hall–Kier alpha value is -2.96. The predicted octanol–water partition coefficient (Wildman–Crippen LogP) is 2.51. The molecule has 154 valence electrons. The molecule has 3 heterocycles. The van der Waals surface area contributed by atoms with Crippen LogP contribution in [0.25, 0.3) is 0 Å². The summed E-state index contributed by atoms with van der Waals surface area (Å²) in [7, 11) is 3.22. The smallest absolute Gasteiger partial charge is 0.338 e. The number of benzene rings is 1.